The van der Waals surface area contributed by atoms with Gasteiger partial charge in [0.2, 0.25) is 0 Å². The van der Waals surface area contributed by atoms with E-state index in [9.17, 15) is 0 Å². The minimum absolute atomic E-state index is 0.253. The molecular formula is C35H26N2. The largest absolute Gasteiger partial charge is 0.231 e. The van der Waals surface area contributed by atoms with E-state index in [1.165, 1.54) is 33.0 Å². The van der Waals surface area contributed by atoms with Gasteiger partial charge in [0.05, 0.1) is 11.4 Å². The average Bonchev–Trinajstić information content (AvgIpc) is 3.20. The zero-order valence-corrected chi connectivity index (χ0v) is 20.9. The highest BCUT2D eigenvalue weighted by molar-refractivity contribution is 6.00. The van der Waals surface area contributed by atoms with Crippen LogP contribution in [0.4, 0.5) is 0 Å². The van der Waals surface area contributed by atoms with E-state index >= 15 is 0 Å². The minimum Gasteiger partial charge on any atom is -0.231 e. The van der Waals surface area contributed by atoms with Gasteiger partial charge >= 0.3 is 0 Å². The van der Waals surface area contributed by atoms with Gasteiger partial charge in [0, 0.05) is 22.1 Å². The average molecular weight is 475 g/mol. The van der Waals surface area contributed by atoms with Crippen LogP contribution in [-0.2, 0) is 5.41 Å². The number of aromatic nitrogens is 2. The molecule has 0 atom stereocenters. The molecule has 2 nitrogen and oxygen atoms in total. The van der Waals surface area contributed by atoms with Crippen molar-refractivity contribution in [2.75, 3.05) is 0 Å². The first-order valence-electron chi connectivity index (χ1n) is 12.8. The molecule has 1 aliphatic rings. The van der Waals surface area contributed by atoms with E-state index < -0.39 is 0 Å². The first kappa shape index (κ1) is 21.7. The van der Waals surface area contributed by atoms with Crippen LogP contribution in [0.2, 0.25) is 0 Å². The van der Waals surface area contributed by atoms with Crippen LogP contribution in [0, 0.1) is 0 Å². The van der Waals surface area contributed by atoms with Crippen LogP contribution in [0.25, 0.3) is 55.7 Å². The summed E-state index contributed by atoms with van der Waals surface area (Å²) in [7, 11) is 0. The molecule has 0 aliphatic heterocycles. The molecule has 6 aromatic rings. The molecule has 0 N–H and O–H groups in total. The smallest absolute Gasteiger partial charge is 0.160 e. The van der Waals surface area contributed by atoms with Crippen LogP contribution in [0.1, 0.15) is 25.1 Å². The molecule has 37 heavy (non-hydrogen) atoms. The molecular weight excluding hydrogens is 448 g/mol. The second-order valence-electron chi connectivity index (χ2n) is 10.3. The topological polar surface area (TPSA) is 25.8 Å². The molecule has 0 saturated carbocycles. The number of benzene rings is 5. The van der Waals surface area contributed by atoms with Gasteiger partial charge in [-0.2, -0.15) is 0 Å². The third-order valence-corrected chi connectivity index (χ3v) is 7.62. The minimum atomic E-state index is -0.253. The highest BCUT2D eigenvalue weighted by Gasteiger charge is 2.41. The Morgan fingerprint density at radius 2 is 1.11 bits per heavy atom. The van der Waals surface area contributed by atoms with Crippen LogP contribution in [-0.4, -0.2) is 9.97 Å². The molecule has 0 unspecified atom stereocenters. The molecule has 0 saturated heterocycles. The van der Waals surface area contributed by atoms with Crippen molar-refractivity contribution in [3.8, 4) is 44.9 Å². The summed E-state index contributed by atoms with van der Waals surface area (Å²) in [6, 6.07) is 42.7. The Morgan fingerprint density at radius 1 is 0.514 bits per heavy atom. The number of fused-ring (bicyclic) bond motifs is 5. The standard InChI is InChI=1S/C35H26N2/c1-35(2)31-28-16-10-9-13-25(28)21-22-29(31)30-32(26-14-7-4-8-15-26)36-34(37-33(30)35)27-19-17-24(18-20-27)23-11-5-3-6-12-23/h3-22H,1-2H3. The first-order chi connectivity index (χ1) is 18.1. The predicted octanol–water partition coefficient (Wildman–Crippen LogP) is 8.94. The van der Waals surface area contributed by atoms with Crippen molar-refractivity contribution in [3.05, 3.63) is 133 Å². The van der Waals surface area contributed by atoms with Gasteiger partial charge in [0.25, 0.3) is 0 Å². The quantitative estimate of drug-likeness (QED) is 0.256. The molecule has 0 radical (unpaired) electrons. The monoisotopic (exact) mass is 474 g/mol. The lowest BCUT2D eigenvalue weighted by atomic mass is 9.82. The summed E-state index contributed by atoms with van der Waals surface area (Å²) in [5, 5.41) is 2.55. The van der Waals surface area contributed by atoms with E-state index in [1.807, 2.05) is 6.07 Å². The van der Waals surface area contributed by atoms with Crippen molar-refractivity contribution in [2.45, 2.75) is 19.3 Å². The maximum absolute atomic E-state index is 5.28. The molecule has 2 heteroatoms. The van der Waals surface area contributed by atoms with Crippen LogP contribution >= 0.6 is 0 Å². The molecule has 0 amide bonds. The van der Waals surface area contributed by atoms with Gasteiger partial charge in [0.15, 0.2) is 5.82 Å². The van der Waals surface area contributed by atoms with Crippen molar-refractivity contribution in [2.24, 2.45) is 0 Å². The van der Waals surface area contributed by atoms with E-state index in [4.69, 9.17) is 9.97 Å². The zero-order valence-electron chi connectivity index (χ0n) is 20.9. The van der Waals surface area contributed by atoms with E-state index in [2.05, 4.69) is 129 Å². The third kappa shape index (κ3) is 3.41. The lowest BCUT2D eigenvalue weighted by Crippen LogP contribution is -2.18. The van der Waals surface area contributed by atoms with E-state index in [1.54, 1.807) is 0 Å². The summed E-state index contributed by atoms with van der Waals surface area (Å²) >= 11 is 0. The maximum Gasteiger partial charge on any atom is 0.160 e. The lowest BCUT2D eigenvalue weighted by Gasteiger charge is -2.22. The Kier molecular flexibility index (Phi) is 4.84. The Morgan fingerprint density at radius 3 is 1.84 bits per heavy atom. The fourth-order valence-corrected chi connectivity index (χ4v) is 5.82. The highest BCUT2D eigenvalue weighted by Crippen LogP contribution is 2.53. The van der Waals surface area contributed by atoms with Gasteiger partial charge in [-0.25, -0.2) is 9.97 Å². The molecule has 7 rings (SSSR count). The first-order valence-corrected chi connectivity index (χ1v) is 12.8. The Balaban J connectivity index is 1.46. The van der Waals surface area contributed by atoms with Crippen LogP contribution in [0.5, 0.6) is 0 Å². The summed E-state index contributed by atoms with van der Waals surface area (Å²) in [4.78, 5) is 10.5. The number of hydrogen-bond acceptors (Lipinski definition) is 2. The van der Waals surface area contributed by atoms with Crippen molar-refractivity contribution >= 4 is 10.8 Å². The van der Waals surface area contributed by atoms with E-state index in [0.717, 1.165) is 33.9 Å². The van der Waals surface area contributed by atoms with Gasteiger partial charge < -0.3 is 0 Å². The van der Waals surface area contributed by atoms with Crippen molar-refractivity contribution < 1.29 is 0 Å². The summed E-state index contributed by atoms with van der Waals surface area (Å²) in [5.41, 5.74) is 10.1. The summed E-state index contributed by atoms with van der Waals surface area (Å²) in [6.45, 7) is 4.60. The second-order valence-corrected chi connectivity index (χ2v) is 10.3. The van der Waals surface area contributed by atoms with Crippen molar-refractivity contribution in [3.63, 3.8) is 0 Å². The Labute approximate surface area is 217 Å². The van der Waals surface area contributed by atoms with Crippen LogP contribution in [0.15, 0.2) is 121 Å². The second kappa shape index (κ2) is 8.25. The van der Waals surface area contributed by atoms with E-state index in [0.29, 0.717) is 0 Å². The molecule has 1 aromatic heterocycles. The van der Waals surface area contributed by atoms with Gasteiger partial charge in [-0.05, 0) is 33.0 Å². The number of hydrogen-bond donors (Lipinski definition) is 0. The SMILES string of the molecule is CC1(C)c2nc(-c3ccc(-c4ccccc4)cc3)nc(-c3ccccc3)c2-c2ccc3ccccc3c21. The maximum atomic E-state index is 5.28. The summed E-state index contributed by atoms with van der Waals surface area (Å²) < 4.78 is 0. The van der Waals surface area contributed by atoms with Crippen LogP contribution < -0.4 is 0 Å². The highest BCUT2D eigenvalue weighted by atomic mass is 14.9. The fraction of sp³-hybridized carbons (Fsp3) is 0.0857. The normalized spacial score (nSPS) is 13.4. The molecule has 1 aliphatic carbocycles. The molecule has 176 valence electrons. The fourth-order valence-electron chi connectivity index (χ4n) is 5.82. The van der Waals surface area contributed by atoms with Gasteiger partial charge in [-0.15, -0.1) is 0 Å². The number of rotatable bonds is 3. The predicted molar refractivity (Wildman–Crippen MR) is 153 cm³/mol. The summed E-state index contributed by atoms with van der Waals surface area (Å²) in [6.07, 6.45) is 0. The third-order valence-electron chi connectivity index (χ3n) is 7.62. The Hall–Kier alpha value is -4.56. The van der Waals surface area contributed by atoms with E-state index in [-0.39, 0.29) is 5.41 Å². The molecule has 1 heterocycles. The van der Waals surface area contributed by atoms with Crippen LogP contribution in [0.3, 0.4) is 0 Å². The molecule has 0 fully saturated rings. The Bertz CT molecular complexity index is 1770. The van der Waals surface area contributed by atoms with Crippen molar-refractivity contribution in [1.29, 1.82) is 0 Å². The van der Waals surface area contributed by atoms with Gasteiger partial charge in [-0.3, -0.25) is 0 Å². The van der Waals surface area contributed by atoms with Crippen molar-refractivity contribution in [1.82, 2.24) is 9.97 Å². The number of nitrogens with zero attached hydrogens (tertiary/aromatic N) is 2. The molecule has 5 aromatic carbocycles. The van der Waals surface area contributed by atoms with Gasteiger partial charge in [-0.1, -0.05) is 135 Å². The van der Waals surface area contributed by atoms with Gasteiger partial charge in [0.1, 0.15) is 0 Å². The zero-order chi connectivity index (χ0) is 25.0. The summed E-state index contributed by atoms with van der Waals surface area (Å²) in [5.74, 6) is 0.766. The lowest BCUT2D eigenvalue weighted by molar-refractivity contribution is 0.641. The molecule has 0 bridgehead atoms. The molecule has 0 spiro atoms.